The van der Waals surface area contributed by atoms with E-state index in [2.05, 4.69) is 34.9 Å². The maximum Gasteiger partial charge on any atom is 0.191 e. The number of hydrogen-bond acceptors (Lipinski definition) is 2. The molecule has 1 rings (SSSR count). The van der Waals surface area contributed by atoms with E-state index in [0.29, 0.717) is 0 Å². The number of aliphatic imine (C=N–C) groups is 1. The Kier molecular flexibility index (Phi) is 8.82. The van der Waals surface area contributed by atoms with Crippen molar-refractivity contribution < 1.29 is 0 Å². The Bertz CT molecular complexity index is 274. The molecule has 0 atom stereocenters. The lowest BCUT2D eigenvalue weighted by molar-refractivity contribution is 0.665. The average molecular weight is 269 g/mol. The second kappa shape index (κ2) is 10.3. The molecule has 4 heteroatoms. The van der Waals surface area contributed by atoms with Gasteiger partial charge in [-0.25, -0.2) is 0 Å². The van der Waals surface area contributed by atoms with E-state index in [4.69, 9.17) is 0 Å². The third-order valence-electron chi connectivity index (χ3n) is 3.03. The minimum absolute atomic E-state index is 0.888. The zero-order valence-corrected chi connectivity index (χ0v) is 12.6. The molecule has 0 bridgehead atoms. The van der Waals surface area contributed by atoms with Crippen molar-refractivity contribution >= 4 is 17.7 Å². The van der Waals surface area contributed by atoms with Crippen LogP contribution in [0, 0.1) is 0 Å². The Morgan fingerprint density at radius 2 is 2.28 bits per heavy atom. The number of thioether (sulfide) groups is 1. The monoisotopic (exact) mass is 269 g/mol. The van der Waals surface area contributed by atoms with Crippen LogP contribution in [0.5, 0.6) is 0 Å². The molecular weight excluding hydrogens is 242 g/mol. The van der Waals surface area contributed by atoms with Gasteiger partial charge < -0.3 is 10.6 Å². The standard InChI is InChI=1S/C14H27N3S/c1-3-15-14(17-11-12-18-2)16-10-9-13-7-5-4-6-8-13/h7H,3-6,8-12H2,1-2H3,(H2,15,16,17). The molecular formula is C14H27N3S. The van der Waals surface area contributed by atoms with Crippen LogP contribution in [0.1, 0.15) is 39.0 Å². The van der Waals surface area contributed by atoms with E-state index in [-0.39, 0.29) is 0 Å². The summed E-state index contributed by atoms with van der Waals surface area (Å²) in [7, 11) is 0. The number of rotatable bonds is 7. The summed E-state index contributed by atoms with van der Waals surface area (Å²) < 4.78 is 0. The predicted molar refractivity (Wildman–Crippen MR) is 83.5 cm³/mol. The maximum absolute atomic E-state index is 4.54. The molecule has 0 aromatic heterocycles. The number of nitrogens with zero attached hydrogens (tertiary/aromatic N) is 1. The molecule has 0 radical (unpaired) electrons. The summed E-state index contributed by atoms with van der Waals surface area (Å²) in [6, 6.07) is 0. The third kappa shape index (κ3) is 6.94. The predicted octanol–water partition coefficient (Wildman–Crippen LogP) is 2.80. The summed E-state index contributed by atoms with van der Waals surface area (Å²) in [5.41, 5.74) is 1.62. The summed E-state index contributed by atoms with van der Waals surface area (Å²) in [5, 5.41) is 6.71. The molecule has 1 aliphatic rings. The highest BCUT2D eigenvalue weighted by atomic mass is 32.2. The first-order valence-corrected chi connectivity index (χ1v) is 8.45. The number of nitrogens with one attached hydrogen (secondary N) is 2. The molecule has 2 N–H and O–H groups in total. The molecule has 0 saturated carbocycles. The van der Waals surface area contributed by atoms with Crippen LogP contribution in [0.25, 0.3) is 0 Å². The first-order valence-electron chi connectivity index (χ1n) is 7.06. The van der Waals surface area contributed by atoms with Crippen LogP contribution in [0.3, 0.4) is 0 Å². The lowest BCUT2D eigenvalue weighted by Gasteiger charge is -2.15. The van der Waals surface area contributed by atoms with Gasteiger partial charge >= 0.3 is 0 Å². The fourth-order valence-electron chi connectivity index (χ4n) is 2.06. The molecule has 1 aliphatic carbocycles. The van der Waals surface area contributed by atoms with Gasteiger partial charge in [0, 0.05) is 18.8 Å². The van der Waals surface area contributed by atoms with Crippen molar-refractivity contribution in [3.63, 3.8) is 0 Å². The number of hydrogen-bond donors (Lipinski definition) is 2. The highest BCUT2D eigenvalue weighted by Gasteiger charge is 2.03. The fourth-order valence-corrected chi connectivity index (χ4v) is 2.34. The van der Waals surface area contributed by atoms with E-state index >= 15 is 0 Å². The summed E-state index contributed by atoms with van der Waals surface area (Å²) in [6.45, 7) is 4.92. The van der Waals surface area contributed by atoms with Gasteiger partial charge in [0.05, 0.1) is 6.54 Å². The molecule has 104 valence electrons. The number of allylic oxidation sites excluding steroid dienone is 1. The van der Waals surface area contributed by atoms with Gasteiger partial charge in [0.15, 0.2) is 5.96 Å². The van der Waals surface area contributed by atoms with Gasteiger partial charge in [-0.15, -0.1) is 0 Å². The highest BCUT2D eigenvalue weighted by molar-refractivity contribution is 7.98. The largest absolute Gasteiger partial charge is 0.357 e. The van der Waals surface area contributed by atoms with Gasteiger partial charge in [-0.05, 0) is 45.3 Å². The van der Waals surface area contributed by atoms with E-state index in [1.54, 1.807) is 5.57 Å². The van der Waals surface area contributed by atoms with Crippen molar-refractivity contribution in [1.29, 1.82) is 0 Å². The van der Waals surface area contributed by atoms with Gasteiger partial charge in [0.25, 0.3) is 0 Å². The molecule has 0 aromatic rings. The summed E-state index contributed by atoms with van der Waals surface area (Å²) in [4.78, 5) is 4.54. The second-order valence-corrected chi connectivity index (χ2v) is 5.52. The zero-order valence-electron chi connectivity index (χ0n) is 11.8. The Morgan fingerprint density at radius 3 is 2.94 bits per heavy atom. The Hall–Kier alpha value is -0.640. The smallest absolute Gasteiger partial charge is 0.191 e. The molecule has 0 heterocycles. The molecule has 0 aromatic carbocycles. The summed E-state index contributed by atoms with van der Waals surface area (Å²) in [6.07, 6.45) is 11.0. The van der Waals surface area contributed by atoms with Crippen LogP contribution in [-0.4, -0.2) is 37.6 Å². The normalized spacial score (nSPS) is 16.3. The van der Waals surface area contributed by atoms with Gasteiger partial charge in [-0.2, -0.15) is 11.8 Å². The van der Waals surface area contributed by atoms with Crippen molar-refractivity contribution in [1.82, 2.24) is 10.6 Å². The van der Waals surface area contributed by atoms with Crippen molar-refractivity contribution in [3.8, 4) is 0 Å². The van der Waals surface area contributed by atoms with Crippen molar-refractivity contribution in [2.24, 2.45) is 4.99 Å². The average Bonchev–Trinajstić information content (AvgIpc) is 2.40. The molecule has 0 fully saturated rings. The Labute approximate surface area is 116 Å². The van der Waals surface area contributed by atoms with Crippen LogP contribution in [0.15, 0.2) is 16.6 Å². The fraction of sp³-hybridized carbons (Fsp3) is 0.786. The van der Waals surface area contributed by atoms with Crippen molar-refractivity contribution in [2.75, 3.05) is 31.6 Å². The van der Waals surface area contributed by atoms with E-state index in [0.717, 1.165) is 37.8 Å². The van der Waals surface area contributed by atoms with Crippen LogP contribution < -0.4 is 10.6 Å². The number of guanidine groups is 1. The van der Waals surface area contributed by atoms with Crippen molar-refractivity contribution in [2.45, 2.75) is 39.0 Å². The zero-order chi connectivity index (χ0) is 13.1. The van der Waals surface area contributed by atoms with E-state index in [1.165, 1.54) is 25.7 Å². The minimum Gasteiger partial charge on any atom is -0.357 e. The molecule has 0 amide bonds. The van der Waals surface area contributed by atoms with Crippen molar-refractivity contribution in [3.05, 3.63) is 11.6 Å². The molecule has 0 spiro atoms. The minimum atomic E-state index is 0.888. The quantitative estimate of drug-likeness (QED) is 0.323. The van der Waals surface area contributed by atoms with Crippen LogP contribution in [-0.2, 0) is 0 Å². The highest BCUT2D eigenvalue weighted by Crippen LogP contribution is 2.19. The molecule has 3 nitrogen and oxygen atoms in total. The van der Waals surface area contributed by atoms with Crippen LogP contribution >= 0.6 is 11.8 Å². The summed E-state index contributed by atoms with van der Waals surface area (Å²) >= 11 is 1.84. The van der Waals surface area contributed by atoms with Gasteiger partial charge in [0.2, 0.25) is 0 Å². The van der Waals surface area contributed by atoms with Crippen LogP contribution in [0.4, 0.5) is 0 Å². The maximum atomic E-state index is 4.54. The molecule has 0 saturated heterocycles. The molecule has 0 unspecified atom stereocenters. The first-order chi connectivity index (χ1) is 8.86. The molecule has 18 heavy (non-hydrogen) atoms. The van der Waals surface area contributed by atoms with Crippen LogP contribution in [0.2, 0.25) is 0 Å². The Morgan fingerprint density at radius 1 is 1.39 bits per heavy atom. The van der Waals surface area contributed by atoms with E-state index in [1.807, 2.05) is 11.8 Å². The van der Waals surface area contributed by atoms with Gasteiger partial charge in [-0.1, -0.05) is 11.6 Å². The first kappa shape index (κ1) is 15.4. The van der Waals surface area contributed by atoms with E-state index < -0.39 is 0 Å². The second-order valence-electron chi connectivity index (χ2n) is 4.54. The SMILES string of the molecule is CCNC(=NCCSC)NCCC1=CCCCC1. The third-order valence-corrected chi connectivity index (χ3v) is 3.62. The Balaban J connectivity index is 2.23. The lowest BCUT2D eigenvalue weighted by atomic mass is 9.97. The van der Waals surface area contributed by atoms with Gasteiger partial charge in [0.1, 0.15) is 0 Å². The molecule has 0 aliphatic heterocycles. The lowest BCUT2D eigenvalue weighted by Crippen LogP contribution is -2.38. The van der Waals surface area contributed by atoms with Gasteiger partial charge in [-0.3, -0.25) is 4.99 Å². The van der Waals surface area contributed by atoms with E-state index in [9.17, 15) is 0 Å². The summed E-state index contributed by atoms with van der Waals surface area (Å²) in [5.74, 6) is 2.05. The topological polar surface area (TPSA) is 36.4 Å².